The fraction of sp³-hybridized carbons (Fsp3) is 0.818. The van der Waals surface area contributed by atoms with Gasteiger partial charge in [0.25, 0.3) is 6.08 Å². The number of carbonyl (C=O) groups excluding carboxylic acids is 1. The first-order valence-electron chi connectivity index (χ1n) is 6.46. The van der Waals surface area contributed by atoms with Crippen LogP contribution in [0.15, 0.2) is 15.4 Å². The summed E-state index contributed by atoms with van der Waals surface area (Å²) in [5.41, 5.74) is 9.61. The van der Waals surface area contributed by atoms with Gasteiger partial charge in [-0.2, -0.15) is 5.53 Å². The van der Waals surface area contributed by atoms with E-state index in [9.17, 15) is 4.79 Å². The highest BCUT2D eigenvalue weighted by Gasteiger charge is 2.23. The first kappa shape index (κ1) is 18.6. The summed E-state index contributed by atoms with van der Waals surface area (Å²) in [6, 6.07) is 0.193. The van der Waals surface area contributed by atoms with Gasteiger partial charge in [-0.3, -0.25) is 0 Å². The number of nitrogens with zero attached hydrogens (tertiary/aromatic N) is 5. The minimum atomic E-state index is 0.0444. The molecule has 8 nitrogen and oxygen atoms in total. The minimum Gasteiger partial charge on any atom is -0.350 e. The van der Waals surface area contributed by atoms with Crippen molar-refractivity contribution in [3.63, 3.8) is 0 Å². The highest BCUT2D eigenvalue weighted by Crippen LogP contribution is 2.17. The fourth-order valence-corrected chi connectivity index (χ4v) is 2.20. The molecule has 0 rings (SSSR count). The third-order valence-electron chi connectivity index (χ3n) is 3.21. The lowest BCUT2D eigenvalue weighted by atomic mass is 10.0. The summed E-state index contributed by atoms with van der Waals surface area (Å²) in [5.74, 6) is 0. The molecule has 0 aliphatic rings. The molecule has 9 heteroatoms. The van der Waals surface area contributed by atoms with Gasteiger partial charge in [0.2, 0.25) is 0 Å². The maximum absolute atomic E-state index is 10.4. The monoisotopic (exact) mass is 301 g/mol. The van der Waals surface area contributed by atoms with E-state index >= 15 is 0 Å². The Balaban J connectivity index is 4.94. The van der Waals surface area contributed by atoms with Crippen LogP contribution in [0.25, 0.3) is 0 Å². The Morgan fingerprint density at radius 2 is 2.00 bits per heavy atom. The van der Waals surface area contributed by atoms with Crippen molar-refractivity contribution in [1.29, 1.82) is 5.53 Å². The summed E-state index contributed by atoms with van der Waals surface area (Å²) in [4.78, 5) is 12.3. The van der Waals surface area contributed by atoms with Crippen LogP contribution in [0, 0.1) is 5.53 Å². The Morgan fingerprint density at radius 1 is 1.40 bits per heavy atom. The number of hydrazone groups is 1. The molecule has 0 aromatic heterocycles. The molecule has 2 atom stereocenters. The van der Waals surface area contributed by atoms with Gasteiger partial charge in [-0.1, -0.05) is 18.9 Å². The van der Waals surface area contributed by atoms with Crippen molar-refractivity contribution in [2.75, 3.05) is 14.1 Å². The Hall–Kier alpha value is -1.44. The largest absolute Gasteiger partial charge is 0.350 e. The number of isocyanates is 1. The van der Waals surface area contributed by atoms with Crippen LogP contribution in [0.1, 0.15) is 33.1 Å². The summed E-state index contributed by atoms with van der Waals surface area (Å²) in [6.45, 7) is 4.08. The van der Waals surface area contributed by atoms with Crippen molar-refractivity contribution >= 4 is 23.9 Å². The lowest BCUT2D eigenvalue weighted by Gasteiger charge is -2.33. The molecular formula is C11H23N7OS. The highest BCUT2D eigenvalue weighted by molar-refractivity contribution is 7.96. The number of rotatable bonds is 9. The van der Waals surface area contributed by atoms with E-state index in [1.807, 2.05) is 18.9 Å². The number of thiol groups is 1. The quantitative estimate of drug-likeness (QED) is 0.151. The third kappa shape index (κ3) is 5.68. The van der Waals surface area contributed by atoms with Gasteiger partial charge in [0, 0.05) is 20.1 Å². The molecule has 0 fully saturated rings. The van der Waals surface area contributed by atoms with Crippen molar-refractivity contribution < 1.29 is 4.79 Å². The zero-order chi connectivity index (χ0) is 15.5. The predicted molar refractivity (Wildman–Crippen MR) is 81.1 cm³/mol. The van der Waals surface area contributed by atoms with E-state index in [0.717, 1.165) is 19.3 Å². The summed E-state index contributed by atoms with van der Waals surface area (Å²) in [7, 11) is 3.56. The summed E-state index contributed by atoms with van der Waals surface area (Å²) in [6.07, 6.45) is 3.99. The maximum Gasteiger partial charge on any atom is 0.259 e. The van der Waals surface area contributed by atoms with Gasteiger partial charge in [0.05, 0.1) is 6.04 Å². The van der Waals surface area contributed by atoms with Gasteiger partial charge in [-0.25, -0.2) is 15.3 Å². The summed E-state index contributed by atoms with van der Waals surface area (Å²) < 4.78 is 0. The molecule has 0 spiro atoms. The molecule has 0 amide bonds. The van der Waals surface area contributed by atoms with Crippen LogP contribution in [0.3, 0.4) is 0 Å². The molecule has 0 aliphatic heterocycles. The number of hydrazine groups is 1. The first-order chi connectivity index (χ1) is 9.55. The average Bonchev–Trinajstić information content (AvgIpc) is 2.46. The topological polar surface area (TPSA) is 96.5 Å². The number of amidine groups is 1. The Kier molecular flexibility index (Phi) is 9.61. The first-order valence-corrected chi connectivity index (χ1v) is 6.90. The Bertz CT molecular complexity index is 370. The molecule has 0 saturated carbocycles. The van der Waals surface area contributed by atoms with E-state index in [2.05, 4.69) is 40.4 Å². The van der Waals surface area contributed by atoms with E-state index in [0.29, 0.717) is 5.17 Å². The van der Waals surface area contributed by atoms with Gasteiger partial charge in [-0.05, 0) is 24.5 Å². The van der Waals surface area contributed by atoms with E-state index in [1.165, 1.54) is 5.12 Å². The smallest absolute Gasteiger partial charge is 0.259 e. The van der Waals surface area contributed by atoms with Crippen LogP contribution < -0.4 is 5.43 Å². The molecule has 0 aliphatic carbocycles. The van der Waals surface area contributed by atoms with Gasteiger partial charge < -0.3 is 4.90 Å². The van der Waals surface area contributed by atoms with Crippen LogP contribution in [0.5, 0.6) is 0 Å². The van der Waals surface area contributed by atoms with Crippen molar-refractivity contribution in [2.24, 2.45) is 15.4 Å². The number of hydrogen-bond acceptors (Lipinski definition) is 6. The van der Waals surface area contributed by atoms with Crippen molar-refractivity contribution in [3.05, 3.63) is 0 Å². The minimum absolute atomic E-state index is 0.0444. The third-order valence-corrected chi connectivity index (χ3v) is 3.62. The van der Waals surface area contributed by atoms with Crippen molar-refractivity contribution in [2.45, 2.75) is 45.2 Å². The molecule has 2 unspecified atom stereocenters. The van der Waals surface area contributed by atoms with E-state index in [1.54, 1.807) is 13.1 Å². The zero-order valence-corrected chi connectivity index (χ0v) is 13.3. The maximum atomic E-state index is 10.4. The second kappa shape index (κ2) is 10.4. The number of hydrogen-bond donors (Lipinski definition) is 3. The molecule has 114 valence electrons. The SMILES string of the molecule is CCC(CC(CC)N(C)/C(S)=N\N=N)N(N=C=O)NC. The summed E-state index contributed by atoms with van der Waals surface area (Å²) >= 11 is 4.21. The molecule has 0 radical (unpaired) electrons. The molecule has 0 heterocycles. The van der Waals surface area contributed by atoms with Crippen LogP contribution in [0.4, 0.5) is 0 Å². The molecule has 0 aromatic rings. The molecular weight excluding hydrogens is 278 g/mol. The zero-order valence-electron chi connectivity index (χ0n) is 12.4. The standard InChI is InChI=1S/C11H23N7OS/c1-5-9(17(4)11(20)15-16-12)7-10(6-2)18(13-3)14-8-19/h9-10,13H,5-7H2,1-4H3,(H2,12,15,20). The van der Waals surface area contributed by atoms with Gasteiger partial charge >= 0.3 is 0 Å². The Morgan fingerprint density at radius 3 is 2.40 bits per heavy atom. The van der Waals surface area contributed by atoms with Crippen LogP contribution in [0.2, 0.25) is 0 Å². The Labute approximate surface area is 125 Å². The molecule has 0 aromatic carbocycles. The van der Waals surface area contributed by atoms with E-state index in [-0.39, 0.29) is 12.1 Å². The normalized spacial score (nSPS) is 14.2. The lowest BCUT2D eigenvalue weighted by Crippen LogP contribution is -2.44. The van der Waals surface area contributed by atoms with E-state index in [4.69, 9.17) is 5.53 Å². The second-order valence-corrected chi connectivity index (χ2v) is 4.63. The molecule has 2 N–H and O–H groups in total. The second-order valence-electron chi connectivity index (χ2n) is 4.23. The predicted octanol–water partition coefficient (Wildman–Crippen LogP) is 1.78. The number of nitrogens with one attached hydrogen (secondary N) is 2. The molecule has 0 saturated heterocycles. The van der Waals surface area contributed by atoms with Crippen molar-refractivity contribution in [1.82, 2.24) is 15.4 Å². The van der Waals surface area contributed by atoms with Gasteiger partial charge in [0.1, 0.15) is 0 Å². The molecule has 20 heavy (non-hydrogen) atoms. The fourth-order valence-electron chi connectivity index (χ4n) is 1.99. The summed E-state index contributed by atoms with van der Waals surface area (Å²) in [5, 5.41) is 12.1. The average molecular weight is 301 g/mol. The van der Waals surface area contributed by atoms with E-state index < -0.39 is 0 Å². The van der Waals surface area contributed by atoms with Crippen molar-refractivity contribution in [3.8, 4) is 0 Å². The molecule has 0 bridgehead atoms. The highest BCUT2D eigenvalue weighted by atomic mass is 32.1. The van der Waals surface area contributed by atoms with Gasteiger partial charge in [0.15, 0.2) is 5.17 Å². The van der Waals surface area contributed by atoms with Crippen LogP contribution >= 0.6 is 12.6 Å². The lowest BCUT2D eigenvalue weighted by molar-refractivity contribution is 0.113. The van der Waals surface area contributed by atoms with Gasteiger partial charge in [-0.15, -0.1) is 17.7 Å². The van der Waals surface area contributed by atoms with Crippen LogP contribution in [-0.2, 0) is 4.79 Å². The van der Waals surface area contributed by atoms with Crippen LogP contribution in [-0.4, -0.2) is 47.4 Å².